The Morgan fingerprint density at radius 1 is 1.00 bits per heavy atom. The van der Waals surface area contributed by atoms with Gasteiger partial charge in [-0.2, -0.15) is 0 Å². The average molecular weight is 249 g/mol. The van der Waals surface area contributed by atoms with Crippen LogP contribution in [0, 0.1) is 17.8 Å². The van der Waals surface area contributed by atoms with Gasteiger partial charge in [0.25, 0.3) is 11.8 Å². The molecule has 4 unspecified atom stereocenters. The third kappa shape index (κ3) is 2.00. The molecule has 2 amide bonds. The molecule has 0 aromatic carbocycles. The number of imide groups is 1. The molecule has 0 aromatic rings. The van der Waals surface area contributed by atoms with E-state index >= 15 is 0 Å². The molecule has 1 saturated carbocycles. The van der Waals surface area contributed by atoms with E-state index in [4.69, 9.17) is 0 Å². The summed E-state index contributed by atoms with van der Waals surface area (Å²) in [6, 6.07) is 0.125. The van der Waals surface area contributed by atoms with Crippen LogP contribution in [-0.4, -0.2) is 22.8 Å². The molecular formula is C15H23NO2. The summed E-state index contributed by atoms with van der Waals surface area (Å²) in [6.07, 6.45) is 7.17. The lowest BCUT2D eigenvalue weighted by Crippen LogP contribution is -2.42. The molecule has 0 spiro atoms. The van der Waals surface area contributed by atoms with Crippen molar-refractivity contribution in [2.45, 2.75) is 52.5 Å². The monoisotopic (exact) mass is 249 g/mol. The first-order chi connectivity index (χ1) is 8.63. The van der Waals surface area contributed by atoms with Gasteiger partial charge >= 0.3 is 0 Å². The van der Waals surface area contributed by atoms with E-state index in [2.05, 4.69) is 20.8 Å². The van der Waals surface area contributed by atoms with Crippen molar-refractivity contribution in [2.75, 3.05) is 0 Å². The molecule has 100 valence electrons. The lowest BCUT2D eigenvalue weighted by Gasteiger charge is -2.29. The van der Waals surface area contributed by atoms with Crippen LogP contribution in [0.4, 0.5) is 0 Å². The SMILES string of the molecule is CCC1CC(N2C(=O)C=CC2=O)C(CC)C1CC. The minimum absolute atomic E-state index is 0.116. The lowest BCUT2D eigenvalue weighted by atomic mass is 9.84. The highest BCUT2D eigenvalue weighted by molar-refractivity contribution is 6.13. The van der Waals surface area contributed by atoms with Crippen LogP contribution in [0.2, 0.25) is 0 Å². The molecule has 1 aliphatic heterocycles. The molecule has 4 atom stereocenters. The number of rotatable bonds is 4. The van der Waals surface area contributed by atoms with Gasteiger partial charge in [-0.05, 0) is 24.2 Å². The molecule has 0 bridgehead atoms. The zero-order valence-electron chi connectivity index (χ0n) is 11.6. The molecule has 2 aliphatic rings. The fourth-order valence-electron chi connectivity index (χ4n) is 4.01. The lowest BCUT2D eigenvalue weighted by molar-refractivity contribution is -0.140. The van der Waals surface area contributed by atoms with Crippen LogP contribution < -0.4 is 0 Å². The van der Waals surface area contributed by atoms with Crippen molar-refractivity contribution >= 4 is 11.8 Å². The van der Waals surface area contributed by atoms with E-state index in [9.17, 15) is 9.59 Å². The van der Waals surface area contributed by atoms with Crippen molar-refractivity contribution in [1.29, 1.82) is 0 Å². The minimum atomic E-state index is -0.116. The maximum Gasteiger partial charge on any atom is 0.253 e. The van der Waals surface area contributed by atoms with Crippen LogP contribution in [0.15, 0.2) is 12.2 Å². The van der Waals surface area contributed by atoms with Crippen LogP contribution in [0.3, 0.4) is 0 Å². The molecule has 3 heteroatoms. The van der Waals surface area contributed by atoms with Crippen molar-refractivity contribution in [2.24, 2.45) is 17.8 Å². The molecule has 1 aliphatic carbocycles. The summed E-state index contributed by atoms with van der Waals surface area (Å²) in [5.74, 6) is 1.57. The van der Waals surface area contributed by atoms with E-state index < -0.39 is 0 Å². The summed E-state index contributed by atoms with van der Waals surface area (Å²) in [5, 5.41) is 0. The quantitative estimate of drug-likeness (QED) is 0.718. The van der Waals surface area contributed by atoms with Gasteiger partial charge in [-0.3, -0.25) is 14.5 Å². The van der Waals surface area contributed by atoms with Gasteiger partial charge in [-0.1, -0.05) is 40.0 Å². The zero-order chi connectivity index (χ0) is 13.3. The largest absolute Gasteiger partial charge is 0.272 e. The van der Waals surface area contributed by atoms with Crippen molar-refractivity contribution in [3.8, 4) is 0 Å². The van der Waals surface area contributed by atoms with Gasteiger partial charge < -0.3 is 0 Å². The Kier molecular flexibility index (Phi) is 3.88. The number of amides is 2. The first kappa shape index (κ1) is 13.3. The van der Waals surface area contributed by atoms with Crippen LogP contribution in [0.1, 0.15) is 46.5 Å². The Morgan fingerprint density at radius 2 is 1.56 bits per heavy atom. The zero-order valence-corrected chi connectivity index (χ0v) is 11.6. The van der Waals surface area contributed by atoms with E-state index in [1.54, 1.807) is 0 Å². The van der Waals surface area contributed by atoms with E-state index in [1.807, 2.05) is 0 Å². The molecule has 2 rings (SSSR count). The third-order valence-corrected chi connectivity index (χ3v) is 4.84. The molecule has 0 saturated heterocycles. The summed E-state index contributed by atoms with van der Waals surface area (Å²) in [5.41, 5.74) is 0. The van der Waals surface area contributed by atoms with Gasteiger partial charge in [0.2, 0.25) is 0 Å². The molecule has 0 N–H and O–H groups in total. The van der Waals surface area contributed by atoms with E-state index in [0.717, 1.165) is 25.7 Å². The molecular weight excluding hydrogens is 226 g/mol. The van der Waals surface area contributed by atoms with E-state index in [0.29, 0.717) is 17.8 Å². The Labute approximate surface area is 109 Å². The fraction of sp³-hybridized carbons (Fsp3) is 0.733. The summed E-state index contributed by atoms with van der Waals surface area (Å²) < 4.78 is 0. The van der Waals surface area contributed by atoms with Crippen molar-refractivity contribution in [3.63, 3.8) is 0 Å². The van der Waals surface area contributed by atoms with Gasteiger partial charge in [0.1, 0.15) is 0 Å². The molecule has 3 nitrogen and oxygen atoms in total. The number of nitrogens with zero attached hydrogens (tertiary/aromatic N) is 1. The molecule has 1 heterocycles. The topological polar surface area (TPSA) is 37.4 Å². The second kappa shape index (κ2) is 5.25. The maximum atomic E-state index is 11.8. The number of carbonyl (C=O) groups excluding carboxylic acids is 2. The highest BCUT2D eigenvalue weighted by Crippen LogP contribution is 2.45. The second-order valence-electron chi connectivity index (χ2n) is 5.50. The van der Waals surface area contributed by atoms with Gasteiger partial charge in [-0.25, -0.2) is 0 Å². The Morgan fingerprint density at radius 3 is 2.00 bits per heavy atom. The fourth-order valence-corrected chi connectivity index (χ4v) is 4.01. The van der Waals surface area contributed by atoms with Gasteiger partial charge in [-0.15, -0.1) is 0 Å². The molecule has 18 heavy (non-hydrogen) atoms. The van der Waals surface area contributed by atoms with Gasteiger partial charge in [0.05, 0.1) is 0 Å². The maximum absolute atomic E-state index is 11.8. The van der Waals surface area contributed by atoms with E-state index in [1.165, 1.54) is 17.1 Å². The van der Waals surface area contributed by atoms with Crippen LogP contribution >= 0.6 is 0 Å². The first-order valence-electron chi connectivity index (χ1n) is 7.19. The van der Waals surface area contributed by atoms with Gasteiger partial charge in [0, 0.05) is 18.2 Å². The van der Waals surface area contributed by atoms with Crippen molar-refractivity contribution in [3.05, 3.63) is 12.2 Å². The number of hydrogen-bond donors (Lipinski definition) is 0. The van der Waals surface area contributed by atoms with Crippen molar-refractivity contribution in [1.82, 2.24) is 4.90 Å². The smallest absolute Gasteiger partial charge is 0.253 e. The van der Waals surface area contributed by atoms with Crippen LogP contribution in [-0.2, 0) is 9.59 Å². The normalized spacial score (nSPS) is 35.8. The summed E-state index contributed by atoms with van der Waals surface area (Å²) in [6.45, 7) is 6.62. The highest BCUT2D eigenvalue weighted by Gasteiger charge is 2.46. The first-order valence-corrected chi connectivity index (χ1v) is 7.19. The Bertz CT molecular complexity index is 357. The average Bonchev–Trinajstić information content (AvgIpc) is 2.88. The Hall–Kier alpha value is -1.12. The van der Waals surface area contributed by atoms with Crippen molar-refractivity contribution < 1.29 is 9.59 Å². The molecule has 1 fully saturated rings. The predicted octanol–water partition coefficient (Wildman–Crippen LogP) is 2.76. The standard InChI is InChI=1S/C15H23NO2/c1-4-10-9-13(12(6-3)11(10)5-2)16-14(17)7-8-15(16)18/h7-8,10-13H,4-6,9H2,1-3H3. The summed E-state index contributed by atoms with van der Waals surface area (Å²) in [7, 11) is 0. The predicted molar refractivity (Wildman–Crippen MR) is 70.7 cm³/mol. The molecule has 0 radical (unpaired) electrons. The number of carbonyl (C=O) groups is 2. The minimum Gasteiger partial charge on any atom is -0.272 e. The summed E-state index contributed by atoms with van der Waals surface area (Å²) in [4.78, 5) is 25.2. The molecule has 0 aromatic heterocycles. The van der Waals surface area contributed by atoms with Crippen LogP contribution in [0.25, 0.3) is 0 Å². The van der Waals surface area contributed by atoms with E-state index in [-0.39, 0.29) is 17.9 Å². The van der Waals surface area contributed by atoms with Crippen LogP contribution in [0.5, 0.6) is 0 Å². The highest BCUT2D eigenvalue weighted by atomic mass is 16.2. The second-order valence-corrected chi connectivity index (χ2v) is 5.50. The Balaban J connectivity index is 2.22. The third-order valence-electron chi connectivity index (χ3n) is 4.84. The summed E-state index contributed by atoms with van der Waals surface area (Å²) >= 11 is 0. The van der Waals surface area contributed by atoms with Gasteiger partial charge in [0.15, 0.2) is 0 Å². The number of hydrogen-bond acceptors (Lipinski definition) is 2.